The van der Waals surface area contributed by atoms with Crippen LogP contribution in [0.15, 0.2) is 71.8 Å². The van der Waals surface area contributed by atoms with Crippen LogP contribution in [0.1, 0.15) is 32.1 Å². The number of carbonyl (C=O) groups excluding carboxylic acids is 1. The first kappa shape index (κ1) is 21.6. The van der Waals surface area contributed by atoms with Crippen LogP contribution in [0.4, 0.5) is 5.82 Å². The normalized spacial score (nSPS) is 11.8. The number of aromatic nitrogens is 5. The molecule has 3 heterocycles. The number of aryl methyl sites for hydroxylation is 1. The van der Waals surface area contributed by atoms with Crippen molar-refractivity contribution < 1.29 is 9.32 Å². The first-order valence-corrected chi connectivity index (χ1v) is 11.1. The predicted octanol–water partition coefficient (Wildman–Crippen LogP) is 4.89. The van der Waals surface area contributed by atoms with Crippen molar-refractivity contribution in [3.63, 3.8) is 0 Å². The lowest BCUT2D eigenvalue weighted by Gasteiger charge is -2.12. The van der Waals surface area contributed by atoms with E-state index in [1.807, 2.05) is 75.4 Å². The fourth-order valence-corrected chi connectivity index (χ4v) is 3.80. The maximum absolute atomic E-state index is 12.5. The average molecular weight is 455 g/mol. The predicted molar refractivity (Wildman–Crippen MR) is 131 cm³/mol. The van der Waals surface area contributed by atoms with Gasteiger partial charge in [-0.3, -0.25) is 14.0 Å². The highest BCUT2D eigenvalue weighted by molar-refractivity contribution is 5.91. The van der Waals surface area contributed by atoms with E-state index in [-0.39, 0.29) is 17.7 Å². The molecule has 1 N–H and O–H groups in total. The monoisotopic (exact) mass is 454 g/mol. The van der Waals surface area contributed by atoms with E-state index in [0.29, 0.717) is 5.82 Å². The SMILES string of the molecule is Cn1cc(-c2ccc3c(c2)ncn3-c2ccc(CC(=O)Nc3cc(C(C)(C)C)on3)cc2)cn1. The third kappa shape index (κ3) is 4.34. The molecule has 3 aromatic heterocycles. The van der Waals surface area contributed by atoms with Crippen LogP contribution in [0.5, 0.6) is 0 Å². The Hall–Kier alpha value is -4.20. The van der Waals surface area contributed by atoms with Gasteiger partial charge >= 0.3 is 0 Å². The molecule has 8 heteroatoms. The zero-order chi connectivity index (χ0) is 23.9. The lowest BCUT2D eigenvalue weighted by molar-refractivity contribution is -0.115. The lowest BCUT2D eigenvalue weighted by Crippen LogP contribution is -2.14. The Labute approximate surface area is 197 Å². The molecule has 0 unspecified atom stereocenters. The van der Waals surface area contributed by atoms with Crippen molar-refractivity contribution >= 4 is 22.8 Å². The molecule has 0 atom stereocenters. The first-order valence-electron chi connectivity index (χ1n) is 11.1. The van der Waals surface area contributed by atoms with Gasteiger partial charge in [0.25, 0.3) is 0 Å². The highest BCUT2D eigenvalue weighted by Gasteiger charge is 2.20. The fourth-order valence-electron chi connectivity index (χ4n) is 3.80. The number of fused-ring (bicyclic) bond motifs is 1. The van der Waals surface area contributed by atoms with E-state index in [1.54, 1.807) is 10.7 Å². The molecule has 0 bridgehead atoms. The molecule has 34 heavy (non-hydrogen) atoms. The average Bonchev–Trinajstić information content (AvgIpc) is 3.53. The van der Waals surface area contributed by atoms with E-state index >= 15 is 0 Å². The maximum Gasteiger partial charge on any atom is 0.230 e. The van der Waals surface area contributed by atoms with Crippen molar-refractivity contribution in [3.05, 3.63) is 78.6 Å². The van der Waals surface area contributed by atoms with Gasteiger partial charge in [0.1, 0.15) is 12.1 Å². The van der Waals surface area contributed by atoms with E-state index in [0.717, 1.165) is 39.2 Å². The molecule has 0 fully saturated rings. The molecule has 0 saturated carbocycles. The van der Waals surface area contributed by atoms with Crippen molar-refractivity contribution in [1.29, 1.82) is 0 Å². The number of hydrogen-bond donors (Lipinski definition) is 1. The summed E-state index contributed by atoms with van der Waals surface area (Å²) >= 11 is 0. The first-order chi connectivity index (χ1) is 16.3. The van der Waals surface area contributed by atoms with Gasteiger partial charge < -0.3 is 9.84 Å². The number of carbonyl (C=O) groups is 1. The Bertz CT molecular complexity index is 1470. The molecular weight excluding hydrogens is 428 g/mol. The second-order valence-electron chi connectivity index (χ2n) is 9.44. The van der Waals surface area contributed by atoms with Gasteiger partial charge in [-0.05, 0) is 35.4 Å². The van der Waals surface area contributed by atoms with Gasteiger partial charge in [-0.2, -0.15) is 5.10 Å². The Balaban J connectivity index is 1.29. The molecule has 0 aliphatic carbocycles. The zero-order valence-electron chi connectivity index (χ0n) is 19.6. The Kier molecular flexibility index (Phi) is 5.28. The van der Waals surface area contributed by atoms with E-state index in [9.17, 15) is 4.79 Å². The zero-order valence-corrected chi connectivity index (χ0v) is 19.6. The minimum atomic E-state index is -0.163. The van der Waals surface area contributed by atoms with Crippen LogP contribution in [0.25, 0.3) is 27.8 Å². The summed E-state index contributed by atoms with van der Waals surface area (Å²) in [7, 11) is 1.90. The molecule has 0 aliphatic rings. The molecule has 0 saturated heterocycles. The minimum absolute atomic E-state index is 0.141. The van der Waals surface area contributed by atoms with Gasteiger partial charge in [0.15, 0.2) is 5.82 Å². The standard InChI is InChI=1S/C26H26N6O2/c1-26(2,3)23-13-24(30-34-23)29-25(33)11-17-5-8-20(9-6-17)32-16-27-21-12-18(7-10-22(21)32)19-14-28-31(4)15-19/h5-10,12-16H,11H2,1-4H3,(H,29,30,33). The second-order valence-corrected chi connectivity index (χ2v) is 9.44. The number of nitrogens with one attached hydrogen (secondary N) is 1. The fraction of sp³-hybridized carbons (Fsp3) is 0.231. The number of imidazole rings is 1. The van der Waals surface area contributed by atoms with Gasteiger partial charge in [-0.15, -0.1) is 0 Å². The summed E-state index contributed by atoms with van der Waals surface area (Å²) in [5.41, 5.74) is 5.78. The topological polar surface area (TPSA) is 90.8 Å². The summed E-state index contributed by atoms with van der Waals surface area (Å²) in [6.07, 6.45) is 5.90. The van der Waals surface area contributed by atoms with Crippen LogP contribution in [0.2, 0.25) is 0 Å². The Morgan fingerprint density at radius 2 is 1.85 bits per heavy atom. The van der Waals surface area contributed by atoms with Gasteiger partial charge in [0.2, 0.25) is 5.91 Å². The Morgan fingerprint density at radius 1 is 1.06 bits per heavy atom. The van der Waals surface area contributed by atoms with Crippen LogP contribution in [-0.4, -0.2) is 30.4 Å². The van der Waals surface area contributed by atoms with Gasteiger partial charge in [0, 0.05) is 36.0 Å². The number of rotatable bonds is 5. The van der Waals surface area contributed by atoms with Crippen LogP contribution in [0, 0.1) is 0 Å². The van der Waals surface area contributed by atoms with E-state index < -0.39 is 0 Å². The molecule has 0 spiro atoms. The van der Waals surface area contributed by atoms with Crippen molar-refractivity contribution in [2.45, 2.75) is 32.6 Å². The molecule has 5 rings (SSSR count). The third-order valence-corrected chi connectivity index (χ3v) is 5.68. The highest BCUT2D eigenvalue weighted by Crippen LogP contribution is 2.26. The molecule has 8 nitrogen and oxygen atoms in total. The van der Waals surface area contributed by atoms with E-state index in [4.69, 9.17) is 4.52 Å². The van der Waals surface area contributed by atoms with Crippen molar-refractivity contribution in [3.8, 4) is 16.8 Å². The summed E-state index contributed by atoms with van der Waals surface area (Å²) in [6, 6.07) is 15.9. The van der Waals surface area contributed by atoms with Crippen LogP contribution >= 0.6 is 0 Å². The van der Waals surface area contributed by atoms with Crippen molar-refractivity contribution in [2.24, 2.45) is 7.05 Å². The van der Waals surface area contributed by atoms with Gasteiger partial charge in [0.05, 0.1) is 23.7 Å². The molecule has 172 valence electrons. The summed E-state index contributed by atoms with van der Waals surface area (Å²) in [5.74, 6) is 1.02. The molecular formula is C26H26N6O2. The summed E-state index contributed by atoms with van der Waals surface area (Å²) < 4.78 is 9.15. The van der Waals surface area contributed by atoms with Crippen LogP contribution in [-0.2, 0) is 23.7 Å². The number of benzene rings is 2. The number of amides is 1. The van der Waals surface area contributed by atoms with Crippen LogP contribution < -0.4 is 5.32 Å². The minimum Gasteiger partial charge on any atom is -0.359 e. The molecule has 1 amide bonds. The molecule has 5 aromatic rings. The smallest absolute Gasteiger partial charge is 0.230 e. The Morgan fingerprint density at radius 3 is 2.53 bits per heavy atom. The summed E-state index contributed by atoms with van der Waals surface area (Å²) in [6.45, 7) is 6.09. The number of nitrogens with zero attached hydrogens (tertiary/aromatic N) is 5. The number of anilines is 1. The van der Waals surface area contributed by atoms with E-state index in [1.165, 1.54) is 0 Å². The summed E-state index contributed by atoms with van der Waals surface area (Å²) in [5, 5.41) is 11.0. The van der Waals surface area contributed by atoms with Crippen LogP contribution in [0.3, 0.4) is 0 Å². The van der Waals surface area contributed by atoms with Gasteiger partial charge in [-0.25, -0.2) is 4.98 Å². The molecule has 0 aliphatic heterocycles. The van der Waals surface area contributed by atoms with E-state index in [2.05, 4.69) is 38.8 Å². The lowest BCUT2D eigenvalue weighted by atomic mass is 9.93. The summed E-state index contributed by atoms with van der Waals surface area (Å²) in [4.78, 5) is 17.0. The maximum atomic E-state index is 12.5. The highest BCUT2D eigenvalue weighted by atomic mass is 16.5. The third-order valence-electron chi connectivity index (χ3n) is 5.68. The largest absolute Gasteiger partial charge is 0.359 e. The number of hydrogen-bond acceptors (Lipinski definition) is 5. The van der Waals surface area contributed by atoms with Crippen molar-refractivity contribution in [1.82, 2.24) is 24.5 Å². The quantitative estimate of drug-likeness (QED) is 0.408. The van der Waals surface area contributed by atoms with Crippen molar-refractivity contribution in [2.75, 3.05) is 5.32 Å². The molecule has 0 radical (unpaired) electrons. The molecule has 2 aromatic carbocycles. The second kappa shape index (κ2) is 8.30. The van der Waals surface area contributed by atoms with Gasteiger partial charge in [-0.1, -0.05) is 44.1 Å².